The Bertz CT molecular complexity index is 542. The van der Waals surface area contributed by atoms with E-state index in [2.05, 4.69) is 24.9 Å². The van der Waals surface area contributed by atoms with Crippen LogP contribution in [0.2, 0.25) is 0 Å². The van der Waals surface area contributed by atoms with Crippen LogP contribution in [-0.2, 0) is 6.42 Å². The number of thiazole rings is 1. The maximum atomic E-state index is 10.5. The second-order valence-electron chi connectivity index (χ2n) is 6.33. The van der Waals surface area contributed by atoms with Gasteiger partial charge in [0.25, 0.3) is 0 Å². The van der Waals surface area contributed by atoms with Gasteiger partial charge in [0.1, 0.15) is 0 Å². The molecular formula is C16H21NOS. The largest absolute Gasteiger partial charge is 0.392 e. The summed E-state index contributed by atoms with van der Waals surface area (Å²) in [5, 5.41) is 11.6. The summed E-state index contributed by atoms with van der Waals surface area (Å²) in [5.41, 5.74) is 1.33. The van der Waals surface area contributed by atoms with Gasteiger partial charge in [-0.15, -0.1) is 11.3 Å². The molecule has 2 aromatic rings. The maximum Gasteiger partial charge on any atom is 0.0964 e. The maximum absolute atomic E-state index is 10.5. The Morgan fingerprint density at radius 1 is 1.42 bits per heavy atom. The monoisotopic (exact) mass is 275 g/mol. The number of aliphatic hydroxyl groups excluding tert-OH is 1. The molecule has 1 aromatic heterocycles. The molecular weight excluding hydrogens is 254 g/mol. The lowest BCUT2D eigenvalue weighted by atomic mass is 9.78. The van der Waals surface area contributed by atoms with Gasteiger partial charge < -0.3 is 5.11 Å². The summed E-state index contributed by atoms with van der Waals surface area (Å²) in [6.45, 7) is 4.57. The van der Waals surface area contributed by atoms with Gasteiger partial charge >= 0.3 is 0 Å². The minimum absolute atomic E-state index is 0.252. The van der Waals surface area contributed by atoms with Crippen LogP contribution in [0.3, 0.4) is 0 Å². The number of aromatic nitrogens is 1. The molecule has 2 unspecified atom stereocenters. The van der Waals surface area contributed by atoms with E-state index in [4.69, 9.17) is 0 Å². The Balaban J connectivity index is 1.77. The topological polar surface area (TPSA) is 33.1 Å². The molecule has 1 aliphatic carbocycles. The van der Waals surface area contributed by atoms with E-state index in [9.17, 15) is 5.11 Å². The molecule has 19 heavy (non-hydrogen) atoms. The lowest BCUT2D eigenvalue weighted by molar-refractivity contribution is 0.0543. The number of rotatable bonds is 3. The van der Waals surface area contributed by atoms with Gasteiger partial charge in [0.05, 0.1) is 21.3 Å². The summed E-state index contributed by atoms with van der Waals surface area (Å²) in [5.74, 6) is 0.416. The van der Waals surface area contributed by atoms with Crippen molar-refractivity contribution in [2.24, 2.45) is 11.3 Å². The highest BCUT2D eigenvalue weighted by atomic mass is 32.1. The summed E-state index contributed by atoms with van der Waals surface area (Å²) in [6, 6.07) is 8.20. The minimum atomic E-state index is -0.252. The van der Waals surface area contributed by atoms with Gasteiger partial charge in [0.15, 0.2) is 0 Å². The van der Waals surface area contributed by atoms with Gasteiger partial charge in [0.2, 0.25) is 0 Å². The molecule has 0 spiro atoms. The zero-order chi connectivity index (χ0) is 13.5. The molecule has 1 heterocycles. The van der Waals surface area contributed by atoms with Gasteiger partial charge in [-0.05, 0) is 36.3 Å². The molecule has 2 atom stereocenters. The average molecular weight is 275 g/mol. The average Bonchev–Trinajstić information content (AvgIpc) is 2.90. The molecule has 1 aliphatic rings. The van der Waals surface area contributed by atoms with Crippen molar-refractivity contribution < 1.29 is 5.11 Å². The van der Waals surface area contributed by atoms with Crippen LogP contribution < -0.4 is 0 Å². The van der Waals surface area contributed by atoms with E-state index in [0.29, 0.717) is 12.3 Å². The quantitative estimate of drug-likeness (QED) is 0.917. The first-order valence-corrected chi connectivity index (χ1v) is 7.90. The van der Waals surface area contributed by atoms with Gasteiger partial charge in [-0.25, -0.2) is 4.98 Å². The highest BCUT2D eigenvalue weighted by Gasteiger charge is 2.39. The van der Waals surface area contributed by atoms with Gasteiger partial charge in [-0.2, -0.15) is 0 Å². The standard InChI is InChI=1S/C16H21NOS/c1-16(2)9-5-6-11(16)13(18)10-15-17-12-7-3-4-8-14(12)19-15/h3-4,7-8,11,13,18H,5-6,9-10H2,1-2H3. The SMILES string of the molecule is CC1(C)CCCC1C(O)Cc1nc2ccccc2s1. The normalized spacial score (nSPS) is 23.8. The van der Waals surface area contributed by atoms with Crippen molar-refractivity contribution in [1.29, 1.82) is 0 Å². The Labute approximate surface area is 118 Å². The van der Waals surface area contributed by atoms with Crippen molar-refractivity contribution in [3.63, 3.8) is 0 Å². The fourth-order valence-electron chi connectivity index (χ4n) is 3.40. The Morgan fingerprint density at radius 2 is 2.21 bits per heavy atom. The third kappa shape index (κ3) is 2.54. The molecule has 3 heteroatoms. The first-order chi connectivity index (χ1) is 9.06. The number of aliphatic hydroxyl groups is 1. The zero-order valence-corrected chi connectivity index (χ0v) is 12.4. The molecule has 0 radical (unpaired) electrons. The van der Waals surface area contributed by atoms with Crippen molar-refractivity contribution in [3.05, 3.63) is 29.3 Å². The van der Waals surface area contributed by atoms with Crippen LogP contribution in [-0.4, -0.2) is 16.2 Å². The number of benzene rings is 1. The van der Waals surface area contributed by atoms with Crippen molar-refractivity contribution in [2.45, 2.75) is 45.6 Å². The molecule has 102 valence electrons. The Hall–Kier alpha value is -0.930. The van der Waals surface area contributed by atoms with Crippen molar-refractivity contribution >= 4 is 21.6 Å². The van der Waals surface area contributed by atoms with Crippen LogP contribution >= 0.6 is 11.3 Å². The molecule has 0 amide bonds. The summed E-state index contributed by atoms with van der Waals surface area (Å²) in [7, 11) is 0. The Kier molecular flexibility index (Phi) is 3.35. The molecule has 1 fully saturated rings. The van der Waals surface area contributed by atoms with E-state index in [-0.39, 0.29) is 11.5 Å². The van der Waals surface area contributed by atoms with Gasteiger partial charge in [-0.1, -0.05) is 32.4 Å². The minimum Gasteiger partial charge on any atom is -0.392 e. The number of hydrogen-bond acceptors (Lipinski definition) is 3. The highest BCUT2D eigenvalue weighted by molar-refractivity contribution is 7.18. The number of nitrogens with zero attached hydrogens (tertiary/aromatic N) is 1. The molecule has 1 aromatic carbocycles. The third-order valence-electron chi connectivity index (χ3n) is 4.53. The third-order valence-corrected chi connectivity index (χ3v) is 5.59. The number of para-hydroxylation sites is 1. The van der Waals surface area contributed by atoms with Gasteiger partial charge in [-0.3, -0.25) is 0 Å². The van der Waals surface area contributed by atoms with Crippen molar-refractivity contribution in [2.75, 3.05) is 0 Å². The summed E-state index contributed by atoms with van der Waals surface area (Å²) in [6.07, 6.45) is 4.08. The first kappa shape index (κ1) is 13.1. The number of fused-ring (bicyclic) bond motifs is 1. The van der Waals surface area contributed by atoms with E-state index in [0.717, 1.165) is 16.9 Å². The molecule has 0 aliphatic heterocycles. The van der Waals surface area contributed by atoms with E-state index >= 15 is 0 Å². The van der Waals surface area contributed by atoms with E-state index in [1.54, 1.807) is 11.3 Å². The van der Waals surface area contributed by atoms with Crippen molar-refractivity contribution in [1.82, 2.24) is 4.98 Å². The second-order valence-corrected chi connectivity index (χ2v) is 7.45. The van der Waals surface area contributed by atoms with Gasteiger partial charge in [0, 0.05) is 6.42 Å². The lowest BCUT2D eigenvalue weighted by Gasteiger charge is -2.30. The number of hydrogen-bond donors (Lipinski definition) is 1. The lowest BCUT2D eigenvalue weighted by Crippen LogP contribution is -2.31. The van der Waals surface area contributed by atoms with Crippen LogP contribution in [0, 0.1) is 11.3 Å². The molecule has 0 bridgehead atoms. The molecule has 1 saturated carbocycles. The predicted octanol–water partition coefficient (Wildman–Crippen LogP) is 4.03. The van der Waals surface area contributed by atoms with E-state index < -0.39 is 0 Å². The fraction of sp³-hybridized carbons (Fsp3) is 0.562. The van der Waals surface area contributed by atoms with Crippen LogP contribution in [0.25, 0.3) is 10.2 Å². The predicted molar refractivity (Wildman–Crippen MR) is 80.5 cm³/mol. The zero-order valence-electron chi connectivity index (χ0n) is 11.6. The molecule has 3 rings (SSSR count). The van der Waals surface area contributed by atoms with Crippen molar-refractivity contribution in [3.8, 4) is 0 Å². The van der Waals surface area contributed by atoms with E-state index in [1.165, 1.54) is 17.5 Å². The molecule has 1 N–H and O–H groups in total. The van der Waals surface area contributed by atoms with E-state index in [1.807, 2.05) is 18.2 Å². The summed E-state index contributed by atoms with van der Waals surface area (Å²) >= 11 is 1.71. The Morgan fingerprint density at radius 3 is 2.89 bits per heavy atom. The highest BCUT2D eigenvalue weighted by Crippen LogP contribution is 2.45. The summed E-state index contributed by atoms with van der Waals surface area (Å²) < 4.78 is 1.22. The smallest absolute Gasteiger partial charge is 0.0964 e. The first-order valence-electron chi connectivity index (χ1n) is 7.09. The molecule has 0 saturated heterocycles. The van der Waals surface area contributed by atoms with Crippen LogP contribution in [0.15, 0.2) is 24.3 Å². The second kappa shape index (κ2) is 4.88. The summed E-state index contributed by atoms with van der Waals surface area (Å²) in [4.78, 5) is 4.63. The van der Waals surface area contributed by atoms with Crippen LogP contribution in [0.4, 0.5) is 0 Å². The van der Waals surface area contributed by atoms with Crippen LogP contribution in [0.1, 0.15) is 38.1 Å². The van der Waals surface area contributed by atoms with Crippen LogP contribution in [0.5, 0.6) is 0 Å². The fourth-order valence-corrected chi connectivity index (χ4v) is 4.41. The molecule has 2 nitrogen and oxygen atoms in total.